The first-order valence-corrected chi connectivity index (χ1v) is 7.36. The zero-order valence-corrected chi connectivity index (χ0v) is 12.2. The molecule has 0 saturated heterocycles. The Labute approximate surface area is 120 Å². The van der Waals surface area contributed by atoms with Crippen molar-refractivity contribution in [1.29, 1.82) is 0 Å². The monoisotopic (exact) mass is 328 g/mol. The molecule has 104 valence electrons. The van der Waals surface area contributed by atoms with Crippen LogP contribution in [0, 0.1) is 11.7 Å². The SMILES string of the molecule is NCC(NC(=O)c1cc(F)cc(Br)c1)C1CCCC1. The molecule has 19 heavy (non-hydrogen) atoms. The number of hydrogen-bond donors (Lipinski definition) is 2. The van der Waals surface area contributed by atoms with Crippen LogP contribution >= 0.6 is 15.9 Å². The Kier molecular flexibility index (Phi) is 4.93. The summed E-state index contributed by atoms with van der Waals surface area (Å²) in [6.07, 6.45) is 4.61. The van der Waals surface area contributed by atoms with E-state index >= 15 is 0 Å². The highest BCUT2D eigenvalue weighted by Gasteiger charge is 2.25. The Morgan fingerprint density at radius 2 is 2.11 bits per heavy atom. The lowest BCUT2D eigenvalue weighted by molar-refractivity contribution is 0.0923. The van der Waals surface area contributed by atoms with Crippen LogP contribution in [-0.2, 0) is 0 Å². The second-order valence-corrected chi connectivity index (χ2v) is 5.93. The van der Waals surface area contributed by atoms with Gasteiger partial charge in [0.1, 0.15) is 5.82 Å². The van der Waals surface area contributed by atoms with Gasteiger partial charge in [0.05, 0.1) is 0 Å². The maximum atomic E-state index is 13.3. The first kappa shape index (κ1) is 14.5. The Morgan fingerprint density at radius 3 is 2.68 bits per heavy atom. The molecule has 0 radical (unpaired) electrons. The van der Waals surface area contributed by atoms with E-state index in [1.54, 1.807) is 6.07 Å². The van der Waals surface area contributed by atoms with Gasteiger partial charge < -0.3 is 11.1 Å². The third kappa shape index (κ3) is 3.76. The molecule has 0 aromatic heterocycles. The molecule has 1 aliphatic rings. The summed E-state index contributed by atoms with van der Waals surface area (Å²) >= 11 is 3.19. The molecule has 1 amide bonds. The van der Waals surface area contributed by atoms with Crippen LogP contribution in [0.3, 0.4) is 0 Å². The standard InChI is InChI=1S/C14H18BrFN2O/c15-11-5-10(6-12(16)7-11)14(19)18-13(8-17)9-3-1-2-4-9/h5-7,9,13H,1-4,8,17H2,(H,18,19). The molecule has 0 heterocycles. The van der Waals surface area contributed by atoms with Crippen molar-refractivity contribution in [2.45, 2.75) is 31.7 Å². The van der Waals surface area contributed by atoms with Crippen molar-refractivity contribution >= 4 is 21.8 Å². The molecule has 1 aromatic carbocycles. The molecule has 1 atom stereocenters. The van der Waals surface area contributed by atoms with Crippen LogP contribution in [0.1, 0.15) is 36.0 Å². The lowest BCUT2D eigenvalue weighted by Gasteiger charge is -2.23. The molecule has 1 fully saturated rings. The zero-order chi connectivity index (χ0) is 13.8. The molecule has 0 spiro atoms. The van der Waals surface area contributed by atoms with Gasteiger partial charge in [0.2, 0.25) is 0 Å². The van der Waals surface area contributed by atoms with Crippen molar-refractivity contribution in [3.05, 3.63) is 34.1 Å². The number of carbonyl (C=O) groups is 1. The largest absolute Gasteiger partial charge is 0.348 e. The summed E-state index contributed by atoms with van der Waals surface area (Å²) in [5.41, 5.74) is 6.06. The van der Waals surface area contributed by atoms with Crippen molar-refractivity contribution in [2.75, 3.05) is 6.54 Å². The minimum absolute atomic E-state index is 0.0166. The smallest absolute Gasteiger partial charge is 0.251 e. The van der Waals surface area contributed by atoms with Gasteiger partial charge in [0, 0.05) is 22.6 Å². The first-order valence-electron chi connectivity index (χ1n) is 6.57. The van der Waals surface area contributed by atoms with Crippen LogP contribution in [0.2, 0.25) is 0 Å². The van der Waals surface area contributed by atoms with Crippen LogP contribution in [-0.4, -0.2) is 18.5 Å². The van der Waals surface area contributed by atoms with Gasteiger partial charge >= 0.3 is 0 Å². The van der Waals surface area contributed by atoms with Crippen molar-refractivity contribution in [2.24, 2.45) is 11.7 Å². The van der Waals surface area contributed by atoms with Crippen LogP contribution in [0.15, 0.2) is 22.7 Å². The fourth-order valence-corrected chi connectivity index (χ4v) is 3.13. The number of benzene rings is 1. The minimum Gasteiger partial charge on any atom is -0.348 e. The molecule has 3 N–H and O–H groups in total. The average Bonchev–Trinajstić information content (AvgIpc) is 2.88. The molecule has 2 rings (SSSR count). The lowest BCUT2D eigenvalue weighted by atomic mass is 9.98. The Bertz CT molecular complexity index is 441. The maximum absolute atomic E-state index is 13.3. The van der Waals surface area contributed by atoms with Crippen molar-refractivity contribution < 1.29 is 9.18 Å². The number of nitrogens with one attached hydrogen (secondary N) is 1. The number of rotatable bonds is 4. The molecule has 5 heteroatoms. The van der Waals surface area contributed by atoms with E-state index < -0.39 is 5.82 Å². The van der Waals surface area contributed by atoms with Crippen LogP contribution in [0.4, 0.5) is 4.39 Å². The highest BCUT2D eigenvalue weighted by atomic mass is 79.9. The summed E-state index contributed by atoms with van der Waals surface area (Å²) in [6.45, 7) is 0.424. The summed E-state index contributed by atoms with van der Waals surface area (Å²) in [5, 5.41) is 2.93. The van der Waals surface area contributed by atoms with E-state index in [2.05, 4.69) is 21.2 Å². The summed E-state index contributed by atoms with van der Waals surface area (Å²) in [5.74, 6) is -0.238. The Balaban J connectivity index is 2.06. The first-order chi connectivity index (χ1) is 9.10. The van der Waals surface area contributed by atoms with E-state index in [1.165, 1.54) is 25.0 Å². The molecule has 1 aromatic rings. The van der Waals surface area contributed by atoms with Gasteiger partial charge in [-0.3, -0.25) is 4.79 Å². The predicted octanol–water partition coefficient (Wildman–Crippen LogP) is 2.84. The molecule has 0 aliphatic heterocycles. The van der Waals surface area contributed by atoms with Crippen molar-refractivity contribution in [3.63, 3.8) is 0 Å². The van der Waals surface area contributed by atoms with Crippen molar-refractivity contribution in [3.8, 4) is 0 Å². The van der Waals surface area contributed by atoms with E-state index in [9.17, 15) is 9.18 Å². The number of amides is 1. The normalized spacial score (nSPS) is 17.4. The summed E-state index contributed by atoms with van der Waals surface area (Å²) in [4.78, 5) is 12.1. The number of hydrogen-bond acceptors (Lipinski definition) is 2. The average molecular weight is 329 g/mol. The highest BCUT2D eigenvalue weighted by molar-refractivity contribution is 9.10. The van der Waals surface area contributed by atoms with E-state index in [0.717, 1.165) is 12.8 Å². The van der Waals surface area contributed by atoms with Crippen LogP contribution < -0.4 is 11.1 Å². The molecular weight excluding hydrogens is 311 g/mol. The quantitative estimate of drug-likeness (QED) is 0.892. The van der Waals surface area contributed by atoms with E-state index in [4.69, 9.17) is 5.73 Å². The molecular formula is C14H18BrFN2O. The van der Waals surface area contributed by atoms with Crippen LogP contribution in [0.5, 0.6) is 0 Å². The highest BCUT2D eigenvalue weighted by Crippen LogP contribution is 2.27. The Hall–Kier alpha value is -0.940. The van der Waals surface area contributed by atoms with E-state index in [1.807, 2.05) is 0 Å². The van der Waals surface area contributed by atoms with Gasteiger partial charge in [0.15, 0.2) is 0 Å². The molecule has 1 unspecified atom stereocenters. The summed E-state index contributed by atoms with van der Waals surface area (Å²) in [6, 6.07) is 4.16. The van der Waals surface area contributed by atoms with E-state index in [0.29, 0.717) is 22.5 Å². The Morgan fingerprint density at radius 1 is 1.42 bits per heavy atom. The van der Waals surface area contributed by atoms with Crippen molar-refractivity contribution in [1.82, 2.24) is 5.32 Å². The second-order valence-electron chi connectivity index (χ2n) is 5.02. The van der Waals surface area contributed by atoms with E-state index in [-0.39, 0.29) is 11.9 Å². The van der Waals surface area contributed by atoms with Gasteiger partial charge in [-0.05, 0) is 37.0 Å². The summed E-state index contributed by atoms with van der Waals surface area (Å²) in [7, 11) is 0. The number of carbonyl (C=O) groups excluding carboxylic acids is 1. The van der Waals surface area contributed by atoms with Gasteiger partial charge in [-0.25, -0.2) is 4.39 Å². The fourth-order valence-electron chi connectivity index (χ4n) is 2.67. The summed E-state index contributed by atoms with van der Waals surface area (Å²) < 4.78 is 13.8. The minimum atomic E-state index is -0.426. The lowest BCUT2D eigenvalue weighted by Crippen LogP contribution is -2.44. The third-order valence-corrected chi connectivity index (χ3v) is 4.12. The number of halogens is 2. The second kappa shape index (κ2) is 6.48. The number of nitrogens with two attached hydrogens (primary N) is 1. The molecule has 1 aliphatic carbocycles. The maximum Gasteiger partial charge on any atom is 0.251 e. The van der Waals surface area contributed by atoms with Gasteiger partial charge in [-0.2, -0.15) is 0 Å². The molecule has 1 saturated carbocycles. The fraction of sp³-hybridized carbons (Fsp3) is 0.500. The predicted molar refractivity (Wildman–Crippen MR) is 76.4 cm³/mol. The van der Waals surface area contributed by atoms with Gasteiger partial charge in [-0.15, -0.1) is 0 Å². The van der Waals surface area contributed by atoms with Crippen LogP contribution in [0.25, 0.3) is 0 Å². The zero-order valence-electron chi connectivity index (χ0n) is 10.7. The topological polar surface area (TPSA) is 55.1 Å². The molecule has 0 bridgehead atoms. The van der Waals surface area contributed by atoms with Gasteiger partial charge in [0.25, 0.3) is 5.91 Å². The molecule has 3 nitrogen and oxygen atoms in total. The third-order valence-electron chi connectivity index (χ3n) is 3.66. The van der Waals surface area contributed by atoms with Gasteiger partial charge in [-0.1, -0.05) is 28.8 Å².